The standard InChI is InChI=1S/C8H10O4S2/c1-14(11,12)8-4-2-7(3-5-8)6-13(9)10/h2-5H,6H2,1H3,(H,9,10)/p-1. The highest BCUT2D eigenvalue weighted by Gasteiger charge is 2.05. The minimum absolute atomic E-state index is 0.0932. The van der Waals surface area contributed by atoms with E-state index in [2.05, 4.69) is 0 Å². The molecule has 1 rings (SSSR count). The maximum absolute atomic E-state index is 11.0. The van der Waals surface area contributed by atoms with Gasteiger partial charge in [0, 0.05) is 12.0 Å². The molecule has 0 heterocycles. The second kappa shape index (κ2) is 4.20. The third-order valence-corrected chi connectivity index (χ3v) is 3.33. The van der Waals surface area contributed by atoms with E-state index in [0.29, 0.717) is 5.56 Å². The van der Waals surface area contributed by atoms with Crippen molar-refractivity contribution in [3.05, 3.63) is 29.8 Å². The van der Waals surface area contributed by atoms with Crippen LogP contribution in [0.5, 0.6) is 0 Å². The monoisotopic (exact) mass is 233 g/mol. The lowest BCUT2D eigenvalue weighted by molar-refractivity contribution is 0.536. The van der Waals surface area contributed by atoms with E-state index < -0.39 is 20.9 Å². The van der Waals surface area contributed by atoms with E-state index in [9.17, 15) is 17.2 Å². The Bertz CT molecular complexity index is 433. The van der Waals surface area contributed by atoms with Gasteiger partial charge in [0.15, 0.2) is 9.84 Å². The first-order chi connectivity index (χ1) is 6.39. The molecule has 1 atom stereocenters. The molecule has 0 saturated heterocycles. The van der Waals surface area contributed by atoms with Crippen molar-refractivity contribution < 1.29 is 17.2 Å². The van der Waals surface area contributed by atoms with Gasteiger partial charge in [-0.1, -0.05) is 23.2 Å². The highest BCUT2D eigenvalue weighted by atomic mass is 32.2. The predicted molar refractivity (Wildman–Crippen MR) is 52.2 cm³/mol. The van der Waals surface area contributed by atoms with Crippen molar-refractivity contribution in [2.24, 2.45) is 0 Å². The SMILES string of the molecule is CS(=O)(=O)c1ccc(CS(=O)[O-])cc1. The quantitative estimate of drug-likeness (QED) is 0.711. The van der Waals surface area contributed by atoms with Crippen molar-refractivity contribution in [3.8, 4) is 0 Å². The third-order valence-electron chi connectivity index (χ3n) is 1.64. The first kappa shape index (κ1) is 11.4. The van der Waals surface area contributed by atoms with Crippen LogP contribution >= 0.6 is 0 Å². The van der Waals surface area contributed by atoms with E-state index in [1.165, 1.54) is 24.3 Å². The van der Waals surface area contributed by atoms with Crippen molar-refractivity contribution >= 4 is 20.9 Å². The number of rotatable bonds is 3. The molecule has 0 amide bonds. The topological polar surface area (TPSA) is 74.3 Å². The molecule has 0 aromatic heterocycles. The lowest BCUT2D eigenvalue weighted by atomic mass is 10.2. The second-order valence-corrected chi connectivity index (χ2v) is 5.78. The fourth-order valence-electron chi connectivity index (χ4n) is 0.969. The van der Waals surface area contributed by atoms with Gasteiger partial charge in [-0.2, -0.15) is 0 Å². The highest BCUT2D eigenvalue weighted by Crippen LogP contribution is 2.11. The third kappa shape index (κ3) is 3.21. The molecule has 0 fully saturated rings. The summed E-state index contributed by atoms with van der Waals surface area (Å²) in [4.78, 5) is 0.193. The molecule has 14 heavy (non-hydrogen) atoms. The molecule has 0 saturated carbocycles. The number of sulfone groups is 1. The van der Waals surface area contributed by atoms with Gasteiger partial charge in [-0.25, -0.2) is 8.42 Å². The molecule has 78 valence electrons. The Morgan fingerprint density at radius 1 is 1.29 bits per heavy atom. The summed E-state index contributed by atoms with van der Waals surface area (Å²) < 4.78 is 42.8. The first-order valence-corrected chi connectivity index (χ1v) is 6.88. The molecule has 1 unspecified atom stereocenters. The molecule has 4 nitrogen and oxygen atoms in total. The van der Waals surface area contributed by atoms with Crippen molar-refractivity contribution in [2.75, 3.05) is 6.26 Å². The van der Waals surface area contributed by atoms with Gasteiger partial charge >= 0.3 is 0 Å². The summed E-state index contributed by atoms with van der Waals surface area (Å²) in [5, 5.41) is 0. The summed E-state index contributed by atoms with van der Waals surface area (Å²) in [6.45, 7) is 0. The molecule has 1 aromatic rings. The Kier molecular flexibility index (Phi) is 3.41. The van der Waals surface area contributed by atoms with Crippen LogP contribution in [-0.4, -0.2) is 23.4 Å². The van der Waals surface area contributed by atoms with Gasteiger partial charge in [0.2, 0.25) is 0 Å². The highest BCUT2D eigenvalue weighted by molar-refractivity contribution is 7.90. The fraction of sp³-hybridized carbons (Fsp3) is 0.250. The van der Waals surface area contributed by atoms with Crippen molar-refractivity contribution in [1.29, 1.82) is 0 Å². The van der Waals surface area contributed by atoms with Crippen LogP contribution in [0.1, 0.15) is 5.56 Å². The molecular formula is C8H9O4S2-. The van der Waals surface area contributed by atoms with E-state index in [1.807, 2.05) is 0 Å². The minimum Gasteiger partial charge on any atom is -0.772 e. The molecule has 0 spiro atoms. The van der Waals surface area contributed by atoms with Gasteiger partial charge in [0.1, 0.15) is 0 Å². The summed E-state index contributed by atoms with van der Waals surface area (Å²) >= 11 is -2.14. The van der Waals surface area contributed by atoms with Crippen molar-refractivity contribution in [3.63, 3.8) is 0 Å². The molecule has 1 aromatic carbocycles. The van der Waals surface area contributed by atoms with Crippen LogP contribution in [-0.2, 0) is 26.7 Å². The van der Waals surface area contributed by atoms with Crippen LogP contribution in [0, 0.1) is 0 Å². The second-order valence-electron chi connectivity index (χ2n) is 2.86. The molecule has 0 aliphatic carbocycles. The molecular weight excluding hydrogens is 224 g/mol. The Balaban J connectivity index is 2.95. The van der Waals surface area contributed by atoms with Gasteiger partial charge in [0.25, 0.3) is 0 Å². The zero-order chi connectivity index (χ0) is 10.8. The summed E-state index contributed by atoms with van der Waals surface area (Å²) in [7, 11) is -3.20. The summed E-state index contributed by atoms with van der Waals surface area (Å²) in [6.07, 6.45) is 1.10. The summed E-state index contributed by atoms with van der Waals surface area (Å²) in [5.41, 5.74) is 0.575. The number of benzene rings is 1. The van der Waals surface area contributed by atoms with Gasteiger partial charge in [-0.3, -0.25) is 4.21 Å². The molecule has 6 heteroatoms. The summed E-state index contributed by atoms with van der Waals surface area (Å²) in [6, 6.07) is 5.79. The maximum Gasteiger partial charge on any atom is 0.175 e. The minimum atomic E-state index is -3.20. The Morgan fingerprint density at radius 2 is 1.79 bits per heavy atom. The number of hydrogen-bond acceptors (Lipinski definition) is 4. The van der Waals surface area contributed by atoms with Crippen LogP contribution in [0.3, 0.4) is 0 Å². The first-order valence-electron chi connectivity index (χ1n) is 3.74. The van der Waals surface area contributed by atoms with E-state index in [0.717, 1.165) is 6.26 Å². The summed E-state index contributed by atoms with van der Waals surface area (Å²) in [5.74, 6) is -0.0932. The zero-order valence-corrected chi connectivity index (χ0v) is 9.10. The van der Waals surface area contributed by atoms with E-state index in [1.54, 1.807) is 0 Å². The average molecular weight is 233 g/mol. The molecule has 0 aliphatic rings. The molecule has 0 radical (unpaired) electrons. The van der Waals surface area contributed by atoms with Gasteiger partial charge < -0.3 is 4.55 Å². The van der Waals surface area contributed by atoms with Gasteiger partial charge in [0.05, 0.1) is 4.90 Å². The lowest BCUT2D eigenvalue weighted by Crippen LogP contribution is -1.98. The maximum atomic E-state index is 11.0. The van der Waals surface area contributed by atoms with Crippen LogP contribution < -0.4 is 0 Å². The van der Waals surface area contributed by atoms with E-state index in [4.69, 9.17) is 0 Å². The van der Waals surface area contributed by atoms with Gasteiger partial charge in [-0.05, 0) is 17.7 Å². The Morgan fingerprint density at radius 3 is 2.14 bits per heavy atom. The predicted octanol–water partition coefficient (Wildman–Crippen LogP) is 0.469. The molecule has 0 bridgehead atoms. The molecule has 0 N–H and O–H groups in total. The van der Waals surface area contributed by atoms with Gasteiger partial charge in [-0.15, -0.1) is 0 Å². The van der Waals surface area contributed by atoms with Crippen LogP contribution in [0.4, 0.5) is 0 Å². The Labute approximate surface area is 85.2 Å². The zero-order valence-electron chi connectivity index (χ0n) is 7.47. The smallest absolute Gasteiger partial charge is 0.175 e. The van der Waals surface area contributed by atoms with Crippen LogP contribution in [0.25, 0.3) is 0 Å². The van der Waals surface area contributed by atoms with Crippen LogP contribution in [0.15, 0.2) is 29.2 Å². The molecule has 0 aliphatic heterocycles. The normalized spacial score (nSPS) is 13.9. The van der Waals surface area contributed by atoms with Crippen LogP contribution in [0.2, 0.25) is 0 Å². The van der Waals surface area contributed by atoms with E-state index in [-0.39, 0.29) is 10.6 Å². The van der Waals surface area contributed by atoms with Crippen molar-refractivity contribution in [1.82, 2.24) is 0 Å². The lowest BCUT2D eigenvalue weighted by Gasteiger charge is -2.05. The number of hydrogen-bond donors (Lipinski definition) is 0. The van der Waals surface area contributed by atoms with Crippen molar-refractivity contribution in [2.45, 2.75) is 10.6 Å². The fourth-order valence-corrected chi connectivity index (χ4v) is 2.06. The largest absolute Gasteiger partial charge is 0.772 e. The Hall–Kier alpha value is -0.720. The average Bonchev–Trinajstić information content (AvgIpc) is 2.02. The van der Waals surface area contributed by atoms with E-state index >= 15 is 0 Å².